The molecule has 3 rings (SSSR count). The van der Waals surface area contributed by atoms with Crippen LogP contribution in [0.3, 0.4) is 0 Å². The highest BCUT2D eigenvalue weighted by Crippen LogP contribution is 2.26. The number of aromatic nitrogens is 2. The predicted octanol–water partition coefficient (Wildman–Crippen LogP) is 2.55. The molecule has 1 atom stereocenters. The van der Waals surface area contributed by atoms with Crippen molar-refractivity contribution in [2.24, 2.45) is 0 Å². The average molecular weight is 230 g/mol. The topological polar surface area (TPSA) is 44.1 Å². The highest BCUT2D eigenvalue weighted by atomic mass is 16.5. The number of hydrogen-bond donors (Lipinski definition) is 0. The molecule has 1 aliphatic heterocycles. The highest BCUT2D eigenvalue weighted by molar-refractivity contribution is 5.86. The van der Waals surface area contributed by atoms with E-state index in [1.54, 1.807) is 0 Å². The zero-order valence-corrected chi connectivity index (χ0v) is 9.50. The Labute approximate surface area is 99.2 Å². The van der Waals surface area contributed by atoms with E-state index in [1.165, 1.54) is 6.42 Å². The molecule has 1 fully saturated rings. The van der Waals surface area contributed by atoms with E-state index < -0.39 is 0 Å². The van der Waals surface area contributed by atoms with Crippen LogP contribution in [0.2, 0.25) is 0 Å². The van der Waals surface area contributed by atoms with Crippen LogP contribution in [-0.4, -0.2) is 22.7 Å². The lowest BCUT2D eigenvalue weighted by Crippen LogP contribution is -2.18. The second-order valence-electron chi connectivity index (χ2n) is 4.35. The molecule has 1 aliphatic rings. The van der Waals surface area contributed by atoms with Gasteiger partial charge in [-0.3, -0.25) is 4.79 Å². The molecule has 88 valence electrons. The van der Waals surface area contributed by atoms with E-state index in [0.29, 0.717) is 5.56 Å². The van der Waals surface area contributed by atoms with E-state index in [-0.39, 0.29) is 6.23 Å². The molecule has 0 amide bonds. The number of fused-ring (bicyclic) bond motifs is 1. The van der Waals surface area contributed by atoms with Crippen molar-refractivity contribution in [2.75, 3.05) is 6.61 Å². The van der Waals surface area contributed by atoms with Crippen molar-refractivity contribution in [3.63, 3.8) is 0 Å². The van der Waals surface area contributed by atoms with Crippen molar-refractivity contribution in [1.82, 2.24) is 9.78 Å². The van der Waals surface area contributed by atoms with Crippen molar-refractivity contribution < 1.29 is 9.53 Å². The molecular weight excluding hydrogens is 216 g/mol. The van der Waals surface area contributed by atoms with Gasteiger partial charge in [0.15, 0.2) is 6.23 Å². The van der Waals surface area contributed by atoms with Crippen LogP contribution in [0.1, 0.15) is 35.8 Å². The summed E-state index contributed by atoms with van der Waals surface area (Å²) in [6.45, 7) is 0.791. The number of nitrogens with zero attached hydrogens (tertiary/aromatic N) is 2. The van der Waals surface area contributed by atoms with E-state index >= 15 is 0 Å². The molecule has 1 aromatic carbocycles. The van der Waals surface area contributed by atoms with E-state index in [2.05, 4.69) is 5.10 Å². The summed E-state index contributed by atoms with van der Waals surface area (Å²) >= 11 is 0. The number of hydrogen-bond acceptors (Lipinski definition) is 3. The maximum Gasteiger partial charge on any atom is 0.150 e. The second-order valence-corrected chi connectivity index (χ2v) is 4.35. The van der Waals surface area contributed by atoms with E-state index in [4.69, 9.17) is 4.74 Å². The molecule has 0 radical (unpaired) electrons. The number of carbonyl (C=O) groups is 1. The maximum absolute atomic E-state index is 10.8. The molecule has 1 unspecified atom stereocenters. The average Bonchev–Trinajstić information content (AvgIpc) is 2.82. The van der Waals surface area contributed by atoms with E-state index in [1.807, 2.05) is 29.1 Å². The molecule has 0 aliphatic carbocycles. The molecule has 0 saturated carbocycles. The SMILES string of the molecule is O=Cc1ccc2cnn(C3CCCCO3)c2c1. The minimum Gasteiger partial charge on any atom is -0.356 e. The van der Waals surface area contributed by atoms with Gasteiger partial charge < -0.3 is 4.74 Å². The first-order valence-electron chi connectivity index (χ1n) is 5.92. The molecule has 17 heavy (non-hydrogen) atoms. The van der Waals surface area contributed by atoms with Crippen LogP contribution in [0.4, 0.5) is 0 Å². The minimum atomic E-state index is 0.0168. The highest BCUT2D eigenvalue weighted by Gasteiger charge is 2.18. The van der Waals surface area contributed by atoms with Crippen LogP contribution in [0.25, 0.3) is 10.9 Å². The molecule has 4 heteroatoms. The van der Waals surface area contributed by atoms with Crippen molar-refractivity contribution in [3.8, 4) is 0 Å². The number of carbonyl (C=O) groups excluding carboxylic acids is 1. The monoisotopic (exact) mass is 230 g/mol. The third kappa shape index (κ3) is 1.85. The van der Waals surface area contributed by atoms with Crippen LogP contribution in [0.5, 0.6) is 0 Å². The number of aldehydes is 1. The normalized spacial score (nSPS) is 20.6. The van der Waals surface area contributed by atoms with Gasteiger partial charge in [0.1, 0.15) is 6.29 Å². The largest absolute Gasteiger partial charge is 0.356 e. The summed E-state index contributed by atoms with van der Waals surface area (Å²) in [7, 11) is 0. The fraction of sp³-hybridized carbons (Fsp3) is 0.385. The third-order valence-electron chi connectivity index (χ3n) is 3.19. The Morgan fingerprint density at radius 3 is 3.12 bits per heavy atom. The van der Waals surface area contributed by atoms with Gasteiger partial charge in [0.2, 0.25) is 0 Å². The molecule has 0 bridgehead atoms. The molecule has 1 saturated heterocycles. The van der Waals surface area contributed by atoms with Crippen LogP contribution < -0.4 is 0 Å². The quantitative estimate of drug-likeness (QED) is 0.745. The van der Waals surface area contributed by atoms with Crippen molar-refractivity contribution in [1.29, 1.82) is 0 Å². The first-order chi connectivity index (χ1) is 8.38. The van der Waals surface area contributed by atoms with Crippen molar-refractivity contribution in [2.45, 2.75) is 25.5 Å². The van der Waals surface area contributed by atoms with Crippen LogP contribution >= 0.6 is 0 Å². The zero-order valence-electron chi connectivity index (χ0n) is 9.50. The molecule has 0 spiro atoms. The second kappa shape index (κ2) is 4.30. The molecule has 1 aromatic heterocycles. The van der Waals surface area contributed by atoms with Crippen LogP contribution in [-0.2, 0) is 4.74 Å². The molecule has 0 N–H and O–H groups in total. The number of benzene rings is 1. The van der Waals surface area contributed by atoms with Gasteiger partial charge in [-0.2, -0.15) is 5.10 Å². The van der Waals surface area contributed by atoms with Gasteiger partial charge in [0.25, 0.3) is 0 Å². The first-order valence-corrected chi connectivity index (χ1v) is 5.92. The Balaban J connectivity index is 2.05. The molecular formula is C13H14N2O2. The summed E-state index contributed by atoms with van der Waals surface area (Å²) in [5.74, 6) is 0. The fourth-order valence-corrected chi connectivity index (χ4v) is 2.27. The fourth-order valence-electron chi connectivity index (χ4n) is 2.27. The van der Waals surface area contributed by atoms with Gasteiger partial charge >= 0.3 is 0 Å². The smallest absolute Gasteiger partial charge is 0.150 e. The lowest BCUT2D eigenvalue weighted by atomic mass is 10.1. The molecule has 4 nitrogen and oxygen atoms in total. The maximum atomic E-state index is 10.8. The summed E-state index contributed by atoms with van der Waals surface area (Å²) in [5, 5.41) is 5.42. The Hall–Kier alpha value is -1.68. The van der Waals surface area contributed by atoms with E-state index in [9.17, 15) is 4.79 Å². The summed E-state index contributed by atoms with van der Waals surface area (Å²) in [5.41, 5.74) is 1.65. The summed E-state index contributed by atoms with van der Waals surface area (Å²) in [6, 6.07) is 5.60. The van der Waals surface area contributed by atoms with E-state index in [0.717, 1.165) is 36.6 Å². The van der Waals surface area contributed by atoms with Crippen LogP contribution in [0.15, 0.2) is 24.4 Å². The first kappa shape index (κ1) is 10.5. The van der Waals surface area contributed by atoms with Gasteiger partial charge in [0, 0.05) is 17.6 Å². The predicted molar refractivity (Wildman–Crippen MR) is 64.0 cm³/mol. The Morgan fingerprint density at radius 2 is 2.35 bits per heavy atom. The van der Waals surface area contributed by atoms with Crippen molar-refractivity contribution in [3.05, 3.63) is 30.0 Å². The van der Waals surface area contributed by atoms with Crippen molar-refractivity contribution >= 4 is 17.2 Å². The van der Waals surface area contributed by atoms with Gasteiger partial charge in [-0.25, -0.2) is 4.68 Å². The summed E-state index contributed by atoms with van der Waals surface area (Å²) in [4.78, 5) is 10.8. The standard InChI is InChI=1S/C13H14N2O2/c16-9-10-4-5-11-8-14-15(12(11)7-10)13-3-1-2-6-17-13/h4-5,7-9,13H,1-3,6H2. The lowest BCUT2D eigenvalue weighted by Gasteiger charge is -2.23. The number of rotatable bonds is 2. The van der Waals surface area contributed by atoms with Gasteiger partial charge in [-0.15, -0.1) is 0 Å². The van der Waals surface area contributed by atoms with Gasteiger partial charge in [-0.05, 0) is 25.3 Å². The number of ether oxygens (including phenoxy) is 1. The summed E-state index contributed by atoms with van der Waals surface area (Å²) < 4.78 is 7.61. The Morgan fingerprint density at radius 1 is 1.41 bits per heavy atom. The Kier molecular flexibility index (Phi) is 2.65. The minimum absolute atomic E-state index is 0.0168. The zero-order chi connectivity index (χ0) is 11.7. The lowest BCUT2D eigenvalue weighted by molar-refractivity contribution is -0.0366. The molecule has 2 aromatic rings. The van der Waals surface area contributed by atoms with Crippen LogP contribution in [0, 0.1) is 0 Å². The Bertz CT molecular complexity index is 541. The summed E-state index contributed by atoms with van der Waals surface area (Å²) in [6.07, 6.45) is 5.97. The third-order valence-corrected chi connectivity index (χ3v) is 3.19. The molecule has 2 heterocycles. The van der Waals surface area contributed by atoms with Gasteiger partial charge in [-0.1, -0.05) is 12.1 Å². The van der Waals surface area contributed by atoms with Gasteiger partial charge in [0.05, 0.1) is 11.7 Å².